The minimum absolute atomic E-state index is 0.0374. The van der Waals surface area contributed by atoms with Crippen LogP contribution in [-0.2, 0) is 0 Å². The van der Waals surface area contributed by atoms with E-state index in [-0.39, 0.29) is 5.02 Å². The van der Waals surface area contributed by atoms with Gasteiger partial charge in [-0.25, -0.2) is 4.39 Å². The molecular formula is C11H8BrClFN3. The van der Waals surface area contributed by atoms with Crippen LogP contribution in [0.1, 0.15) is 0 Å². The lowest BCUT2D eigenvalue weighted by Crippen LogP contribution is -2.06. The van der Waals surface area contributed by atoms with Gasteiger partial charge < -0.3 is 5.43 Å². The molecule has 0 aliphatic heterocycles. The van der Waals surface area contributed by atoms with Crippen molar-refractivity contribution in [3.05, 3.63) is 45.8 Å². The molecule has 2 rings (SSSR count). The summed E-state index contributed by atoms with van der Waals surface area (Å²) in [5, 5.41) is 0.0374. The Bertz CT molecular complexity index is 562. The fourth-order valence-corrected chi connectivity index (χ4v) is 1.86. The predicted molar refractivity (Wildman–Crippen MR) is 70.2 cm³/mol. The fraction of sp³-hybridized carbons (Fsp3) is 0. The van der Waals surface area contributed by atoms with Crippen LogP contribution in [0.2, 0.25) is 5.02 Å². The van der Waals surface area contributed by atoms with Crippen molar-refractivity contribution >= 4 is 33.2 Å². The van der Waals surface area contributed by atoms with Crippen LogP contribution >= 0.6 is 27.5 Å². The molecule has 3 N–H and O–H groups in total. The summed E-state index contributed by atoms with van der Waals surface area (Å²) in [7, 11) is 0. The molecule has 2 aromatic rings. The molecule has 0 atom stereocenters. The van der Waals surface area contributed by atoms with Crippen LogP contribution in [-0.4, -0.2) is 4.98 Å². The van der Waals surface area contributed by atoms with Crippen LogP contribution in [0.5, 0.6) is 0 Å². The summed E-state index contributed by atoms with van der Waals surface area (Å²) in [5.41, 5.74) is 3.92. The third kappa shape index (κ3) is 2.41. The van der Waals surface area contributed by atoms with Gasteiger partial charge in [-0.05, 0) is 40.2 Å². The number of nitrogens with one attached hydrogen (secondary N) is 1. The van der Waals surface area contributed by atoms with E-state index in [0.717, 1.165) is 0 Å². The van der Waals surface area contributed by atoms with E-state index in [4.69, 9.17) is 17.4 Å². The van der Waals surface area contributed by atoms with Gasteiger partial charge in [0, 0.05) is 16.2 Å². The van der Waals surface area contributed by atoms with Crippen molar-refractivity contribution in [2.45, 2.75) is 0 Å². The molecule has 0 radical (unpaired) electrons. The fourth-order valence-electron chi connectivity index (χ4n) is 1.39. The van der Waals surface area contributed by atoms with Crippen molar-refractivity contribution < 1.29 is 4.39 Å². The van der Waals surface area contributed by atoms with Gasteiger partial charge in [-0.3, -0.25) is 10.8 Å². The van der Waals surface area contributed by atoms with Gasteiger partial charge in [0.1, 0.15) is 0 Å². The Morgan fingerprint density at radius 1 is 1.35 bits per heavy atom. The quantitative estimate of drug-likeness (QED) is 0.506. The lowest BCUT2D eigenvalue weighted by Gasteiger charge is -2.07. The van der Waals surface area contributed by atoms with E-state index in [1.54, 1.807) is 30.5 Å². The van der Waals surface area contributed by atoms with Gasteiger partial charge in [-0.2, -0.15) is 0 Å². The van der Waals surface area contributed by atoms with Crippen LogP contribution in [0.3, 0.4) is 0 Å². The normalized spacial score (nSPS) is 10.4. The number of hydrogen-bond acceptors (Lipinski definition) is 3. The molecule has 0 amide bonds. The van der Waals surface area contributed by atoms with E-state index in [9.17, 15) is 4.39 Å². The minimum Gasteiger partial charge on any atom is -0.324 e. The molecule has 88 valence electrons. The summed E-state index contributed by atoms with van der Waals surface area (Å²) >= 11 is 8.97. The summed E-state index contributed by atoms with van der Waals surface area (Å²) in [6.07, 6.45) is 1.54. The van der Waals surface area contributed by atoms with Crippen molar-refractivity contribution in [2.75, 3.05) is 5.43 Å². The Balaban J connectivity index is 2.56. The topological polar surface area (TPSA) is 50.9 Å². The number of anilines is 1. The second-order valence-electron chi connectivity index (χ2n) is 3.30. The zero-order valence-electron chi connectivity index (χ0n) is 8.55. The maximum Gasteiger partial charge on any atom is 0.152 e. The highest BCUT2D eigenvalue weighted by atomic mass is 79.9. The zero-order valence-corrected chi connectivity index (χ0v) is 10.9. The molecule has 0 unspecified atom stereocenters. The van der Waals surface area contributed by atoms with Gasteiger partial charge in [0.15, 0.2) is 5.82 Å². The first-order valence-corrected chi connectivity index (χ1v) is 5.87. The lowest BCUT2D eigenvalue weighted by atomic mass is 10.1. The molecule has 0 aliphatic carbocycles. The maximum absolute atomic E-state index is 13.9. The van der Waals surface area contributed by atoms with Gasteiger partial charge in [-0.15, -0.1) is 0 Å². The number of nitrogens with two attached hydrogens (primary N) is 1. The van der Waals surface area contributed by atoms with E-state index in [0.29, 0.717) is 21.4 Å². The zero-order chi connectivity index (χ0) is 12.4. The van der Waals surface area contributed by atoms with E-state index in [1.807, 2.05) is 0 Å². The monoisotopic (exact) mass is 315 g/mol. The summed E-state index contributed by atoms with van der Waals surface area (Å²) in [6.45, 7) is 0. The van der Waals surface area contributed by atoms with Gasteiger partial charge in [0.05, 0.1) is 16.4 Å². The molecule has 1 aromatic heterocycles. The number of hydrogen-bond donors (Lipinski definition) is 2. The molecule has 1 aromatic carbocycles. The lowest BCUT2D eigenvalue weighted by molar-refractivity contribution is 0.630. The van der Waals surface area contributed by atoms with E-state index < -0.39 is 5.82 Å². The second-order valence-corrected chi connectivity index (χ2v) is 4.53. The first-order valence-electron chi connectivity index (χ1n) is 4.70. The highest BCUT2D eigenvalue weighted by Crippen LogP contribution is 2.32. The van der Waals surface area contributed by atoms with Crippen molar-refractivity contribution in [1.82, 2.24) is 4.98 Å². The highest BCUT2D eigenvalue weighted by Gasteiger charge is 2.12. The van der Waals surface area contributed by atoms with Crippen molar-refractivity contribution in [3.8, 4) is 11.3 Å². The largest absolute Gasteiger partial charge is 0.324 e. The summed E-state index contributed by atoms with van der Waals surface area (Å²) in [5.74, 6) is 4.77. The number of aromatic nitrogens is 1. The Morgan fingerprint density at radius 3 is 2.82 bits per heavy atom. The minimum atomic E-state index is -0.511. The van der Waals surface area contributed by atoms with Gasteiger partial charge in [0.2, 0.25) is 0 Å². The number of hydrazine groups is 1. The van der Waals surface area contributed by atoms with Crippen LogP contribution in [0.25, 0.3) is 11.3 Å². The van der Waals surface area contributed by atoms with Crippen LogP contribution in [0.15, 0.2) is 34.9 Å². The number of nitrogen functional groups attached to an aromatic ring is 1. The van der Waals surface area contributed by atoms with Gasteiger partial charge in [0.25, 0.3) is 0 Å². The Hall–Kier alpha value is -1.17. The number of halogens is 3. The number of nitrogens with zero attached hydrogens (tertiary/aromatic N) is 1. The molecule has 0 spiro atoms. The Morgan fingerprint density at radius 2 is 2.12 bits per heavy atom. The van der Waals surface area contributed by atoms with E-state index in [2.05, 4.69) is 26.3 Å². The van der Waals surface area contributed by atoms with Crippen LogP contribution in [0.4, 0.5) is 10.1 Å². The SMILES string of the molecule is NNc1ccnc(-c2ccc(Br)c(Cl)c2F)c1. The molecule has 0 fully saturated rings. The maximum atomic E-state index is 13.9. The third-order valence-corrected chi connectivity index (χ3v) is 3.50. The first kappa shape index (κ1) is 12.3. The highest BCUT2D eigenvalue weighted by molar-refractivity contribution is 9.10. The average Bonchev–Trinajstić information content (AvgIpc) is 2.36. The number of benzene rings is 1. The van der Waals surface area contributed by atoms with Gasteiger partial charge >= 0.3 is 0 Å². The molecule has 0 bridgehead atoms. The standard InChI is InChI=1S/C11H8BrClFN3/c12-8-2-1-7(11(14)10(8)13)9-5-6(17-15)3-4-16-9/h1-5H,15H2,(H,16,17). The number of rotatable bonds is 2. The number of pyridine rings is 1. The average molecular weight is 317 g/mol. The summed E-state index contributed by atoms with van der Waals surface area (Å²) in [6, 6.07) is 6.60. The van der Waals surface area contributed by atoms with Crippen LogP contribution in [0, 0.1) is 5.82 Å². The van der Waals surface area contributed by atoms with Crippen molar-refractivity contribution in [2.24, 2.45) is 5.84 Å². The van der Waals surface area contributed by atoms with Crippen LogP contribution < -0.4 is 11.3 Å². The second kappa shape index (κ2) is 5.00. The third-order valence-electron chi connectivity index (χ3n) is 2.24. The molecule has 3 nitrogen and oxygen atoms in total. The van der Waals surface area contributed by atoms with Gasteiger partial charge in [-0.1, -0.05) is 11.6 Å². The molecule has 0 saturated carbocycles. The Kier molecular flexibility index (Phi) is 3.61. The molecule has 6 heteroatoms. The molecule has 1 heterocycles. The molecule has 0 aliphatic rings. The van der Waals surface area contributed by atoms with Crippen molar-refractivity contribution in [1.29, 1.82) is 0 Å². The summed E-state index contributed by atoms with van der Waals surface area (Å²) in [4.78, 5) is 4.08. The smallest absolute Gasteiger partial charge is 0.152 e. The Labute approximate surface area is 111 Å². The van der Waals surface area contributed by atoms with E-state index in [1.165, 1.54) is 0 Å². The first-order chi connectivity index (χ1) is 8.13. The molecule has 0 saturated heterocycles. The molecule has 17 heavy (non-hydrogen) atoms. The molecular weight excluding hydrogens is 308 g/mol. The van der Waals surface area contributed by atoms with E-state index >= 15 is 0 Å². The predicted octanol–water partition coefficient (Wildman–Crippen LogP) is 3.59. The van der Waals surface area contributed by atoms with Crippen molar-refractivity contribution in [3.63, 3.8) is 0 Å². The summed E-state index contributed by atoms with van der Waals surface area (Å²) < 4.78 is 14.4.